The second-order valence-corrected chi connectivity index (χ2v) is 5.32. The molecule has 114 valence electrons. The van der Waals surface area contributed by atoms with Gasteiger partial charge in [-0.25, -0.2) is 0 Å². The number of nitrogens with zero attached hydrogens (tertiary/aromatic N) is 2. The monoisotopic (exact) mass is 322 g/mol. The first-order valence-electron chi connectivity index (χ1n) is 6.10. The molecule has 0 aliphatic carbocycles. The predicted molar refractivity (Wildman–Crippen MR) is 78.0 cm³/mol. The molecule has 1 N–H and O–H groups in total. The zero-order valence-corrected chi connectivity index (χ0v) is 11.9. The highest BCUT2D eigenvalue weighted by Crippen LogP contribution is 2.32. The van der Waals surface area contributed by atoms with Crippen molar-refractivity contribution in [1.82, 2.24) is 4.90 Å². The minimum atomic E-state index is -1.11. The van der Waals surface area contributed by atoms with E-state index < -0.39 is 22.0 Å². The van der Waals surface area contributed by atoms with Crippen molar-refractivity contribution in [2.45, 2.75) is 6.42 Å². The van der Waals surface area contributed by atoms with Gasteiger partial charge in [-0.2, -0.15) is 0 Å². The van der Waals surface area contributed by atoms with Crippen molar-refractivity contribution in [3.8, 4) is 0 Å². The van der Waals surface area contributed by atoms with Gasteiger partial charge in [0.15, 0.2) is 0 Å². The Morgan fingerprint density at radius 2 is 2.14 bits per heavy atom. The summed E-state index contributed by atoms with van der Waals surface area (Å²) in [6.07, 6.45) is 1.04. The number of carbonyl (C=O) groups is 3. The minimum Gasteiger partial charge on any atom is -0.481 e. The fraction of sp³-hybridized carbons (Fsp3) is 0.154. The summed E-state index contributed by atoms with van der Waals surface area (Å²) in [5.74, 6) is -1.70. The van der Waals surface area contributed by atoms with Gasteiger partial charge in [-0.05, 0) is 23.4 Å². The molecule has 1 aliphatic rings. The summed E-state index contributed by atoms with van der Waals surface area (Å²) in [6.45, 7) is -0.202. The van der Waals surface area contributed by atoms with Gasteiger partial charge in [-0.3, -0.25) is 29.4 Å². The van der Waals surface area contributed by atoms with Crippen LogP contribution in [0.3, 0.4) is 0 Å². The molecular weight excluding hydrogens is 312 g/mol. The first kappa shape index (κ1) is 15.7. The number of carboxylic acid groups (broad SMARTS) is 1. The average Bonchev–Trinajstić information content (AvgIpc) is 2.71. The molecule has 1 aliphatic heterocycles. The smallest absolute Gasteiger partial charge is 0.305 e. The number of carboxylic acids is 1. The summed E-state index contributed by atoms with van der Waals surface area (Å²) < 4.78 is 0. The lowest BCUT2D eigenvalue weighted by Crippen LogP contribution is -2.30. The fourth-order valence-electron chi connectivity index (χ4n) is 1.78. The molecule has 0 unspecified atom stereocenters. The number of hydrogen-bond donors (Lipinski definition) is 1. The van der Waals surface area contributed by atoms with Crippen molar-refractivity contribution in [2.24, 2.45) is 0 Å². The molecule has 0 radical (unpaired) electrons. The topological polar surface area (TPSA) is 118 Å². The Hall–Kier alpha value is -2.68. The van der Waals surface area contributed by atoms with Crippen molar-refractivity contribution in [3.63, 3.8) is 0 Å². The van der Waals surface area contributed by atoms with Crippen LogP contribution in [-0.2, 0) is 9.59 Å². The van der Waals surface area contributed by atoms with E-state index in [1.165, 1.54) is 24.3 Å². The number of nitro benzene ring substituents is 1. The molecule has 1 aromatic rings. The van der Waals surface area contributed by atoms with E-state index in [2.05, 4.69) is 0 Å². The maximum absolute atomic E-state index is 12.0. The van der Waals surface area contributed by atoms with E-state index in [0.29, 0.717) is 17.3 Å². The number of benzene rings is 1. The number of aliphatic carboxylic acids is 1. The van der Waals surface area contributed by atoms with Crippen LogP contribution in [0.1, 0.15) is 12.0 Å². The summed E-state index contributed by atoms with van der Waals surface area (Å²) in [5.41, 5.74) is 0.289. The number of hydrogen-bond acceptors (Lipinski definition) is 6. The third kappa shape index (κ3) is 3.50. The molecule has 22 heavy (non-hydrogen) atoms. The first-order chi connectivity index (χ1) is 10.4. The SMILES string of the molecule is O=C(O)CCN1C(=O)S/C(=C\c2cccc([N+](=O)[O-])c2)C1=O. The molecular formula is C13H10N2O6S. The normalized spacial score (nSPS) is 16.4. The number of thioether (sulfide) groups is 1. The number of rotatable bonds is 5. The van der Waals surface area contributed by atoms with Crippen molar-refractivity contribution >= 4 is 40.6 Å². The lowest BCUT2D eigenvalue weighted by Gasteiger charge is -2.09. The van der Waals surface area contributed by atoms with Crippen LogP contribution in [0.5, 0.6) is 0 Å². The summed E-state index contributed by atoms with van der Waals surface area (Å²) in [4.78, 5) is 45.3. The fourth-order valence-corrected chi connectivity index (χ4v) is 2.64. The maximum Gasteiger partial charge on any atom is 0.305 e. The first-order valence-corrected chi connectivity index (χ1v) is 6.92. The van der Waals surface area contributed by atoms with E-state index in [4.69, 9.17) is 5.11 Å². The number of imide groups is 1. The van der Waals surface area contributed by atoms with Gasteiger partial charge in [0.25, 0.3) is 16.8 Å². The van der Waals surface area contributed by atoms with Crippen LogP contribution in [0.4, 0.5) is 10.5 Å². The second kappa shape index (κ2) is 6.39. The van der Waals surface area contributed by atoms with E-state index >= 15 is 0 Å². The highest BCUT2D eigenvalue weighted by atomic mass is 32.2. The molecule has 0 saturated carbocycles. The van der Waals surface area contributed by atoms with Crippen LogP contribution >= 0.6 is 11.8 Å². The standard InChI is InChI=1S/C13H10N2O6S/c16-11(17)4-5-14-12(18)10(22-13(14)19)7-8-2-1-3-9(6-8)15(20)21/h1-3,6-7H,4-5H2,(H,16,17)/b10-7-. The summed E-state index contributed by atoms with van der Waals surface area (Å²) >= 11 is 0.678. The van der Waals surface area contributed by atoms with Crippen LogP contribution in [0, 0.1) is 10.1 Å². The molecule has 1 heterocycles. The van der Waals surface area contributed by atoms with E-state index in [0.717, 1.165) is 4.90 Å². The molecule has 0 atom stereocenters. The predicted octanol–water partition coefficient (Wildman–Crippen LogP) is 2.11. The maximum atomic E-state index is 12.0. The van der Waals surface area contributed by atoms with Crippen LogP contribution in [-0.4, -0.2) is 38.6 Å². The van der Waals surface area contributed by atoms with Gasteiger partial charge in [0, 0.05) is 18.7 Å². The molecule has 1 saturated heterocycles. The van der Waals surface area contributed by atoms with Gasteiger partial charge in [0.1, 0.15) is 0 Å². The van der Waals surface area contributed by atoms with Crippen molar-refractivity contribution < 1.29 is 24.4 Å². The Bertz CT molecular complexity index is 700. The van der Waals surface area contributed by atoms with Crippen LogP contribution in [0.15, 0.2) is 29.2 Å². The van der Waals surface area contributed by atoms with Gasteiger partial charge in [-0.15, -0.1) is 0 Å². The van der Waals surface area contributed by atoms with E-state index in [-0.39, 0.29) is 23.6 Å². The molecule has 9 heteroatoms. The van der Waals surface area contributed by atoms with Crippen LogP contribution < -0.4 is 0 Å². The highest BCUT2D eigenvalue weighted by molar-refractivity contribution is 8.18. The number of non-ortho nitro benzene ring substituents is 1. The second-order valence-electron chi connectivity index (χ2n) is 4.33. The molecule has 1 aromatic carbocycles. The van der Waals surface area contributed by atoms with E-state index in [9.17, 15) is 24.5 Å². The van der Waals surface area contributed by atoms with Crippen molar-refractivity contribution in [3.05, 3.63) is 44.8 Å². The van der Waals surface area contributed by atoms with Crippen LogP contribution in [0.2, 0.25) is 0 Å². The highest BCUT2D eigenvalue weighted by Gasteiger charge is 2.35. The zero-order valence-electron chi connectivity index (χ0n) is 11.1. The molecule has 0 spiro atoms. The zero-order chi connectivity index (χ0) is 16.3. The Balaban J connectivity index is 2.21. The molecule has 8 nitrogen and oxygen atoms in total. The average molecular weight is 322 g/mol. The van der Waals surface area contributed by atoms with E-state index in [1.54, 1.807) is 6.07 Å². The number of nitro groups is 1. The quantitative estimate of drug-likeness (QED) is 0.501. The number of amides is 2. The largest absolute Gasteiger partial charge is 0.481 e. The van der Waals surface area contributed by atoms with Gasteiger partial charge in [0.05, 0.1) is 16.2 Å². The molecule has 2 amide bonds. The molecule has 0 aromatic heterocycles. The van der Waals surface area contributed by atoms with Crippen LogP contribution in [0.25, 0.3) is 6.08 Å². The summed E-state index contributed by atoms with van der Waals surface area (Å²) in [5, 5.41) is 18.7. The molecule has 2 rings (SSSR count). The van der Waals surface area contributed by atoms with Gasteiger partial charge in [0.2, 0.25) is 0 Å². The third-order valence-corrected chi connectivity index (χ3v) is 3.71. The Morgan fingerprint density at radius 1 is 1.41 bits per heavy atom. The summed E-state index contributed by atoms with van der Waals surface area (Å²) in [7, 11) is 0. The van der Waals surface area contributed by atoms with E-state index in [1.807, 2.05) is 0 Å². The summed E-state index contributed by atoms with van der Waals surface area (Å²) in [6, 6.07) is 5.64. The number of carbonyl (C=O) groups excluding carboxylic acids is 2. The third-order valence-electron chi connectivity index (χ3n) is 2.80. The molecule has 1 fully saturated rings. The van der Waals surface area contributed by atoms with Gasteiger partial charge >= 0.3 is 5.97 Å². The van der Waals surface area contributed by atoms with Gasteiger partial charge in [-0.1, -0.05) is 12.1 Å². The lowest BCUT2D eigenvalue weighted by molar-refractivity contribution is -0.384. The van der Waals surface area contributed by atoms with Gasteiger partial charge < -0.3 is 5.11 Å². The Kier molecular flexibility index (Phi) is 4.56. The lowest BCUT2D eigenvalue weighted by atomic mass is 10.2. The Morgan fingerprint density at radius 3 is 2.77 bits per heavy atom. The molecule has 0 bridgehead atoms. The Labute approximate surface area is 128 Å². The minimum absolute atomic E-state index is 0.107. The van der Waals surface area contributed by atoms with Crippen molar-refractivity contribution in [2.75, 3.05) is 6.54 Å². The van der Waals surface area contributed by atoms with Crippen molar-refractivity contribution in [1.29, 1.82) is 0 Å².